The van der Waals surface area contributed by atoms with Crippen LogP contribution in [0, 0.1) is 16.0 Å². The Morgan fingerprint density at radius 3 is 2.43 bits per heavy atom. The maximum Gasteiger partial charge on any atom is 0.338 e. The topological polar surface area (TPSA) is 114 Å². The number of nitro benzene ring substituents is 1. The molecule has 9 heteroatoms. The van der Waals surface area contributed by atoms with E-state index in [1.165, 1.54) is 38.5 Å². The number of nitro groups is 1. The van der Waals surface area contributed by atoms with Crippen LogP contribution < -0.4 is 0 Å². The molecule has 124 valence electrons. The van der Waals surface area contributed by atoms with Crippen LogP contribution >= 0.6 is 0 Å². The highest BCUT2D eigenvalue weighted by Gasteiger charge is 2.45. The summed E-state index contributed by atoms with van der Waals surface area (Å²) < 4.78 is 20.2. The molecule has 1 aliphatic rings. The zero-order chi connectivity index (χ0) is 17.0. The van der Waals surface area contributed by atoms with E-state index in [0.717, 1.165) is 0 Å². The molecule has 1 aromatic rings. The van der Waals surface area contributed by atoms with Gasteiger partial charge in [0.25, 0.3) is 5.69 Å². The standard InChI is InChI=1S/C14H15NO8/c1-20-13(17)10-7-22-14(21-2)11(10)23-12(16)8-3-5-9(6-4-8)15(18)19/h3-6,10-11,14H,7H2,1-2H3/t10-,11+,14+/m1/s1. The largest absolute Gasteiger partial charge is 0.469 e. The van der Waals surface area contributed by atoms with Crippen LogP contribution in [-0.2, 0) is 23.7 Å². The maximum atomic E-state index is 12.1. The predicted octanol–water partition coefficient (Wildman–Crippen LogP) is 0.912. The quantitative estimate of drug-likeness (QED) is 0.446. The van der Waals surface area contributed by atoms with E-state index in [2.05, 4.69) is 4.74 Å². The van der Waals surface area contributed by atoms with Crippen LogP contribution in [0.25, 0.3) is 0 Å². The lowest BCUT2D eigenvalue weighted by molar-refractivity contribution is -0.384. The summed E-state index contributed by atoms with van der Waals surface area (Å²) in [7, 11) is 2.58. The van der Waals surface area contributed by atoms with Crippen molar-refractivity contribution in [3.63, 3.8) is 0 Å². The summed E-state index contributed by atoms with van der Waals surface area (Å²) in [6, 6.07) is 4.91. The summed E-state index contributed by atoms with van der Waals surface area (Å²) in [6.07, 6.45) is -1.85. The van der Waals surface area contributed by atoms with Gasteiger partial charge in [-0.1, -0.05) is 0 Å². The van der Waals surface area contributed by atoms with Crippen molar-refractivity contribution in [3.05, 3.63) is 39.9 Å². The molecule has 0 aliphatic carbocycles. The number of methoxy groups -OCH3 is 2. The van der Waals surface area contributed by atoms with Crippen molar-refractivity contribution in [2.24, 2.45) is 5.92 Å². The number of non-ortho nitro benzene ring substituents is 1. The molecule has 0 spiro atoms. The lowest BCUT2D eigenvalue weighted by Gasteiger charge is -2.20. The lowest BCUT2D eigenvalue weighted by Crippen LogP contribution is -2.37. The molecule has 9 nitrogen and oxygen atoms in total. The van der Waals surface area contributed by atoms with Gasteiger partial charge in [0.15, 0.2) is 12.4 Å². The molecule has 1 aromatic carbocycles. The van der Waals surface area contributed by atoms with Gasteiger partial charge in [-0.3, -0.25) is 14.9 Å². The van der Waals surface area contributed by atoms with Crippen LogP contribution in [0.1, 0.15) is 10.4 Å². The van der Waals surface area contributed by atoms with E-state index >= 15 is 0 Å². The summed E-state index contributed by atoms with van der Waals surface area (Å²) in [6.45, 7) is 0.00336. The lowest BCUT2D eigenvalue weighted by atomic mass is 10.1. The third-order valence-electron chi connectivity index (χ3n) is 3.40. The highest BCUT2D eigenvalue weighted by atomic mass is 16.7. The van der Waals surface area contributed by atoms with Crippen molar-refractivity contribution in [2.75, 3.05) is 20.8 Å². The van der Waals surface area contributed by atoms with E-state index in [-0.39, 0.29) is 17.9 Å². The summed E-state index contributed by atoms with van der Waals surface area (Å²) in [5.41, 5.74) is -0.0334. The van der Waals surface area contributed by atoms with Gasteiger partial charge in [-0.05, 0) is 12.1 Å². The molecule has 1 saturated heterocycles. The average Bonchev–Trinajstić information content (AvgIpc) is 2.96. The molecule has 3 atom stereocenters. The molecular formula is C14H15NO8. The van der Waals surface area contributed by atoms with Gasteiger partial charge in [0.1, 0.15) is 5.92 Å². The van der Waals surface area contributed by atoms with Crippen molar-refractivity contribution in [3.8, 4) is 0 Å². The van der Waals surface area contributed by atoms with E-state index in [4.69, 9.17) is 14.2 Å². The maximum absolute atomic E-state index is 12.1. The normalized spacial score (nSPS) is 23.3. The van der Waals surface area contributed by atoms with Gasteiger partial charge in [-0.25, -0.2) is 4.79 Å². The Morgan fingerprint density at radius 2 is 1.91 bits per heavy atom. The van der Waals surface area contributed by atoms with Gasteiger partial charge in [0.05, 0.1) is 24.2 Å². The molecular weight excluding hydrogens is 310 g/mol. The molecule has 0 aromatic heterocycles. The number of hydrogen-bond donors (Lipinski definition) is 0. The fourth-order valence-electron chi connectivity index (χ4n) is 2.18. The highest BCUT2D eigenvalue weighted by molar-refractivity contribution is 5.90. The molecule has 0 bridgehead atoms. The molecule has 1 aliphatic heterocycles. The average molecular weight is 325 g/mol. The second kappa shape index (κ2) is 7.16. The van der Waals surface area contributed by atoms with Crippen LogP contribution in [0.5, 0.6) is 0 Å². The SMILES string of the molecule is COC(=O)[C@@H]1CO[C@H](OC)[C@H]1OC(=O)c1ccc([N+](=O)[O-])cc1. The van der Waals surface area contributed by atoms with Crippen LogP contribution in [0.15, 0.2) is 24.3 Å². The molecule has 0 unspecified atom stereocenters. The number of carbonyl (C=O) groups excluding carboxylic acids is 2. The first-order valence-corrected chi connectivity index (χ1v) is 6.65. The molecule has 2 rings (SSSR count). The Bertz CT molecular complexity index is 599. The Kier molecular flexibility index (Phi) is 5.24. The Hall–Kier alpha value is -2.52. The third kappa shape index (κ3) is 3.63. The highest BCUT2D eigenvalue weighted by Crippen LogP contribution is 2.26. The third-order valence-corrected chi connectivity index (χ3v) is 3.40. The number of ether oxygens (including phenoxy) is 4. The summed E-state index contributed by atoms with van der Waals surface area (Å²) in [4.78, 5) is 33.9. The first-order chi connectivity index (χ1) is 11.0. The van der Waals surface area contributed by atoms with Crippen molar-refractivity contribution in [1.29, 1.82) is 0 Å². The number of carbonyl (C=O) groups is 2. The molecule has 0 saturated carbocycles. The number of hydrogen-bond acceptors (Lipinski definition) is 8. The predicted molar refractivity (Wildman–Crippen MR) is 74.6 cm³/mol. The smallest absolute Gasteiger partial charge is 0.338 e. The van der Waals surface area contributed by atoms with Crippen LogP contribution in [0.4, 0.5) is 5.69 Å². The number of nitrogens with zero attached hydrogens (tertiary/aromatic N) is 1. The molecule has 0 amide bonds. The molecule has 0 radical (unpaired) electrons. The van der Waals surface area contributed by atoms with Crippen molar-refractivity contribution in [2.45, 2.75) is 12.4 Å². The fourth-order valence-corrected chi connectivity index (χ4v) is 2.18. The number of rotatable bonds is 5. The minimum Gasteiger partial charge on any atom is -0.469 e. The first kappa shape index (κ1) is 16.8. The van der Waals surface area contributed by atoms with Gasteiger partial charge in [-0.2, -0.15) is 0 Å². The van der Waals surface area contributed by atoms with Gasteiger partial charge in [0, 0.05) is 19.2 Å². The zero-order valence-electron chi connectivity index (χ0n) is 12.5. The van der Waals surface area contributed by atoms with E-state index in [1.54, 1.807) is 0 Å². The Morgan fingerprint density at radius 1 is 1.26 bits per heavy atom. The summed E-state index contributed by atoms with van der Waals surface area (Å²) in [5, 5.41) is 10.6. The van der Waals surface area contributed by atoms with Gasteiger partial charge in [0.2, 0.25) is 0 Å². The number of benzene rings is 1. The van der Waals surface area contributed by atoms with E-state index in [0.29, 0.717) is 0 Å². The van der Waals surface area contributed by atoms with E-state index in [1.807, 2.05) is 0 Å². The second-order valence-corrected chi connectivity index (χ2v) is 4.74. The van der Waals surface area contributed by atoms with E-state index < -0.39 is 35.2 Å². The van der Waals surface area contributed by atoms with Crippen LogP contribution in [0.2, 0.25) is 0 Å². The first-order valence-electron chi connectivity index (χ1n) is 6.65. The molecule has 23 heavy (non-hydrogen) atoms. The molecule has 1 fully saturated rings. The number of esters is 2. The zero-order valence-corrected chi connectivity index (χ0v) is 12.5. The van der Waals surface area contributed by atoms with Gasteiger partial charge in [-0.15, -0.1) is 0 Å². The Labute approximate surface area is 131 Å². The molecule has 1 heterocycles. The van der Waals surface area contributed by atoms with Crippen LogP contribution in [-0.4, -0.2) is 50.1 Å². The monoisotopic (exact) mass is 325 g/mol. The fraction of sp³-hybridized carbons (Fsp3) is 0.429. The van der Waals surface area contributed by atoms with Crippen molar-refractivity contribution in [1.82, 2.24) is 0 Å². The minimum absolute atomic E-state index is 0.00336. The second-order valence-electron chi connectivity index (χ2n) is 4.74. The van der Waals surface area contributed by atoms with Gasteiger partial charge < -0.3 is 18.9 Å². The molecule has 0 N–H and O–H groups in total. The van der Waals surface area contributed by atoms with Crippen molar-refractivity contribution >= 4 is 17.6 Å². The Balaban J connectivity index is 2.12. The van der Waals surface area contributed by atoms with Gasteiger partial charge >= 0.3 is 11.9 Å². The summed E-state index contributed by atoms with van der Waals surface area (Å²) >= 11 is 0. The van der Waals surface area contributed by atoms with Crippen molar-refractivity contribution < 1.29 is 33.5 Å². The minimum atomic E-state index is -0.963. The van der Waals surface area contributed by atoms with E-state index in [9.17, 15) is 19.7 Å². The summed E-state index contributed by atoms with van der Waals surface area (Å²) in [5.74, 6) is -2.12. The van der Waals surface area contributed by atoms with Crippen LogP contribution in [0.3, 0.4) is 0 Å².